The third kappa shape index (κ3) is 3.64. The molecule has 114 valence electrons. The maximum Gasteiger partial charge on any atom is 0.250 e. The second kappa shape index (κ2) is 6.60. The zero-order valence-electron chi connectivity index (χ0n) is 12.4. The van der Waals surface area contributed by atoms with Gasteiger partial charge in [-0.3, -0.25) is 9.59 Å². The van der Waals surface area contributed by atoms with E-state index in [9.17, 15) is 9.59 Å². The molecule has 4 heteroatoms. The van der Waals surface area contributed by atoms with Crippen molar-refractivity contribution >= 4 is 5.91 Å². The summed E-state index contributed by atoms with van der Waals surface area (Å²) in [6.07, 6.45) is 4.36. The molecule has 1 N–H and O–H groups in total. The smallest absolute Gasteiger partial charge is 0.250 e. The van der Waals surface area contributed by atoms with Gasteiger partial charge >= 0.3 is 0 Å². The van der Waals surface area contributed by atoms with E-state index in [2.05, 4.69) is 17.4 Å². The normalized spacial score (nSPS) is 15.3. The lowest BCUT2D eigenvalue weighted by Crippen LogP contribution is -2.31. The molecule has 1 saturated carbocycles. The first-order valence-electron chi connectivity index (χ1n) is 7.74. The van der Waals surface area contributed by atoms with Gasteiger partial charge in [0.15, 0.2) is 0 Å². The monoisotopic (exact) mass is 296 g/mol. The van der Waals surface area contributed by atoms with Crippen molar-refractivity contribution in [3.05, 3.63) is 70.6 Å². The third-order valence-corrected chi connectivity index (χ3v) is 4.05. The molecule has 2 aromatic rings. The Morgan fingerprint density at radius 3 is 2.55 bits per heavy atom. The minimum atomic E-state index is -0.0721. The maximum atomic E-state index is 12.2. The number of aryl methyl sites for hydroxylation is 1. The quantitative estimate of drug-likeness (QED) is 0.890. The summed E-state index contributed by atoms with van der Waals surface area (Å²) in [5.41, 5.74) is 1.09. The lowest BCUT2D eigenvalue weighted by Gasteiger charge is -2.19. The highest BCUT2D eigenvalue weighted by molar-refractivity contribution is 5.76. The van der Waals surface area contributed by atoms with Crippen LogP contribution in [0.4, 0.5) is 0 Å². The number of hydrogen-bond acceptors (Lipinski definition) is 2. The number of carbonyl (C=O) groups excluding carboxylic acids is 1. The van der Waals surface area contributed by atoms with Crippen LogP contribution in [0.3, 0.4) is 0 Å². The maximum absolute atomic E-state index is 12.2. The summed E-state index contributed by atoms with van der Waals surface area (Å²) in [4.78, 5) is 23.8. The number of nitrogens with zero attached hydrogens (tertiary/aromatic N) is 1. The van der Waals surface area contributed by atoms with Gasteiger partial charge in [0.2, 0.25) is 5.91 Å². The molecule has 1 aromatic carbocycles. The van der Waals surface area contributed by atoms with E-state index in [-0.39, 0.29) is 17.5 Å². The van der Waals surface area contributed by atoms with Crippen molar-refractivity contribution in [2.24, 2.45) is 5.92 Å². The van der Waals surface area contributed by atoms with Crippen molar-refractivity contribution < 1.29 is 4.79 Å². The Kier molecular flexibility index (Phi) is 4.37. The highest BCUT2D eigenvalue weighted by atomic mass is 16.2. The van der Waals surface area contributed by atoms with E-state index in [1.165, 1.54) is 6.07 Å². The Bertz CT molecular complexity index is 689. The molecule has 0 radical (unpaired) electrons. The molecular formula is C18H20N2O2. The van der Waals surface area contributed by atoms with Crippen molar-refractivity contribution in [2.45, 2.75) is 31.8 Å². The second-order valence-electron chi connectivity index (χ2n) is 5.78. The van der Waals surface area contributed by atoms with E-state index in [1.807, 2.05) is 18.2 Å². The zero-order chi connectivity index (χ0) is 15.4. The van der Waals surface area contributed by atoms with Crippen molar-refractivity contribution in [3.63, 3.8) is 0 Å². The first kappa shape index (κ1) is 14.6. The molecule has 1 atom stereocenters. The molecule has 0 saturated heterocycles. The highest BCUT2D eigenvalue weighted by Crippen LogP contribution is 2.40. The molecule has 0 aliphatic heterocycles. The predicted octanol–water partition coefficient (Wildman–Crippen LogP) is 2.51. The zero-order valence-corrected chi connectivity index (χ0v) is 12.4. The van der Waals surface area contributed by atoms with Crippen LogP contribution in [-0.2, 0) is 11.3 Å². The van der Waals surface area contributed by atoms with Crippen molar-refractivity contribution in [3.8, 4) is 0 Å². The summed E-state index contributed by atoms with van der Waals surface area (Å²) in [5, 5.41) is 3.13. The summed E-state index contributed by atoms with van der Waals surface area (Å²) in [6, 6.07) is 15.2. The van der Waals surface area contributed by atoms with Crippen LogP contribution in [0.15, 0.2) is 59.5 Å². The van der Waals surface area contributed by atoms with Gasteiger partial charge in [0.05, 0.1) is 6.04 Å². The number of amides is 1. The summed E-state index contributed by atoms with van der Waals surface area (Å²) < 4.78 is 1.56. The molecule has 1 aromatic heterocycles. The Balaban J connectivity index is 1.60. The van der Waals surface area contributed by atoms with Gasteiger partial charge in [0.1, 0.15) is 0 Å². The molecule has 22 heavy (non-hydrogen) atoms. The Morgan fingerprint density at radius 2 is 1.86 bits per heavy atom. The second-order valence-corrected chi connectivity index (χ2v) is 5.78. The average molecular weight is 296 g/mol. The standard InChI is InChI=1S/C18H20N2O2/c21-16(11-13-20-12-5-4-8-17(20)22)19-18(15-9-10-15)14-6-2-1-3-7-14/h1-8,12,15,18H,9-11,13H2,(H,19,21). The summed E-state index contributed by atoms with van der Waals surface area (Å²) in [7, 11) is 0. The number of aromatic nitrogens is 1. The van der Waals surface area contributed by atoms with Crippen LogP contribution in [0.2, 0.25) is 0 Å². The van der Waals surface area contributed by atoms with Crippen molar-refractivity contribution in [2.75, 3.05) is 0 Å². The van der Waals surface area contributed by atoms with Crippen LogP contribution >= 0.6 is 0 Å². The summed E-state index contributed by atoms with van der Waals surface area (Å²) in [5.74, 6) is 0.544. The van der Waals surface area contributed by atoms with E-state index < -0.39 is 0 Å². The molecular weight excluding hydrogens is 276 g/mol. The molecule has 1 fully saturated rings. The van der Waals surface area contributed by atoms with Gasteiger partial charge in [-0.25, -0.2) is 0 Å². The van der Waals surface area contributed by atoms with Crippen LogP contribution in [0.5, 0.6) is 0 Å². The number of nitrogens with one attached hydrogen (secondary N) is 1. The SMILES string of the molecule is O=C(CCn1ccccc1=O)NC(c1ccccc1)C1CC1. The summed E-state index contributed by atoms with van der Waals surface area (Å²) >= 11 is 0. The van der Waals surface area contributed by atoms with E-state index in [0.29, 0.717) is 18.9 Å². The van der Waals surface area contributed by atoms with Gasteiger partial charge in [-0.2, -0.15) is 0 Å². The van der Waals surface area contributed by atoms with Gasteiger partial charge in [-0.05, 0) is 30.4 Å². The molecule has 1 aliphatic rings. The topological polar surface area (TPSA) is 51.1 Å². The molecule has 3 rings (SSSR count). The number of rotatable bonds is 6. The molecule has 0 spiro atoms. The van der Waals surface area contributed by atoms with Crippen molar-refractivity contribution in [1.29, 1.82) is 0 Å². The van der Waals surface area contributed by atoms with Gasteiger partial charge in [-0.1, -0.05) is 36.4 Å². The number of hydrogen-bond donors (Lipinski definition) is 1. The van der Waals surface area contributed by atoms with Crippen LogP contribution in [0, 0.1) is 5.92 Å². The van der Waals surface area contributed by atoms with E-state index in [0.717, 1.165) is 18.4 Å². The first-order valence-corrected chi connectivity index (χ1v) is 7.74. The van der Waals surface area contributed by atoms with Crippen LogP contribution in [-0.4, -0.2) is 10.5 Å². The summed E-state index contributed by atoms with van der Waals surface area (Å²) in [6.45, 7) is 0.414. The molecule has 4 nitrogen and oxygen atoms in total. The van der Waals surface area contributed by atoms with Gasteiger partial charge in [0.25, 0.3) is 5.56 Å². The van der Waals surface area contributed by atoms with E-state index >= 15 is 0 Å². The fourth-order valence-electron chi connectivity index (χ4n) is 2.68. The van der Waals surface area contributed by atoms with E-state index in [1.54, 1.807) is 22.9 Å². The average Bonchev–Trinajstić information content (AvgIpc) is 3.37. The predicted molar refractivity (Wildman–Crippen MR) is 85.4 cm³/mol. The number of carbonyl (C=O) groups is 1. The highest BCUT2D eigenvalue weighted by Gasteiger charge is 2.33. The van der Waals surface area contributed by atoms with Gasteiger partial charge in [-0.15, -0.1) is 0 Å². The fourth-order valence-corrected chi connectivity index (χ4v) is 2.68. The fraction of sp³-hybridized carbons (Fsp3) is 0.333. The molecule has 1 unspecified atom stereocenters. The van der Waals surface area contributed by atoms with Crippen LogP contribution < -0.4 is 10.9 Å². The molecule has 1 amide bonds. The Morgan fingerprint density at radius 1 is 1.14 bits per heavy atom. The lowest BCUT2D eigenvalue weighted by atomic mass is 10.0. The van der Waals surface area contributed by atoms with Gasteiger partial charge in [0, 0.05) is 25.2 Å². The van der Waals surface area contributed by atoms with Crippen LogP contribution in [0.25, 0.3) is 0 Å². The first-order chi connectivity index (χ1) is 10.7. The van der Waals surface area contributed by atoms with Crippen LogP contribution in [0.1, 0.15) is 30.9 Å². The number of pyridine rings is 1. The minimum absolute atomic E-state index is 0.00324. The lowest BCUT2D eigenvalue weighted by molar-refractivity contribution is -0.122. The third-order valence-electron chi connectivity index (χ3n) is 4.05. The molecule has 1 heterocycles. The van der Waals surface area contributed by atoms with E-state index in [4.69, 9.17) is 0 Å². The number of benzene rings is 1. The van der Waals surface area contributed by atoms with Gasteiger partial charge < -0.3 is 9.88 Å². The minimum Gasteiger partial charge on any atom is -0.349 e. The Labute approximate surface area is 129 Å². The molecule has 1 aliphatic carbocycles. The largest absolute Gasteiger partial charge is 0.349 e. The molecule has 0 bridgehead atoms. The van der Waals surface area contributed by atoms with Crippen molar-refractivity contribution in [1.82, 2.24) is 9.88 Å². The Hall–Kier alpha value is -2.36.